The van der Waals surface area contributed by atoms with Crippen molar-refractivity contribution in [2.24, 2.45) is 0 Å². The molecular formula is C18H19N3O5S. The topological polar surface area (TPSA) is 117 Å². The van der Waals surface area contributed by atoms with Crippen LogP contribution in [0, 0.1) is 10.1 Å². The number of fused-ring (bicyclic) bond motifs is 1. The number of aromatic amines is 1. The Balaban J connectivity index is 1.82. The lowest BCUT2D eigenvalue weighted by molar-refractivity contribution is -0.384. The number of hydrogen-bond acceptors (Lipinski definition) is 5. The van der Waals surface area contributed by atoms with E-state index in [2.05, 4.69) is 4.98 Å². The molecule has 0 fully saturated rings. The van der Waals surface area contributed by atoms with Crippen molar-refractivity contribution in [3.8, 4) is 0 Å². The summed E-state index contributed by atoms with van der Waals surface area (Å²) in [6.45, 7) is -0.191. The number of benzene rings is 2. The van der Waals surface area contributed by atoms with Gasteiger partial charge in [0, 0.05) is 42.3 Å². The summed E-state index contributed by atoms with van der Waals surface area (Å²) in [6, 6.07) is 12.5. The second-order valence-electron chi connectivity index (χ2n) is 5.99. The van der Waals surface area contributed by atoms with Gasteiger partial charge in [-0.2, -0.15) is 4.31 Å². The fourth-order valence-corrected chi connectivity index (χ4v) is 4.37. The van der Waals surface area contributed by atoms with Crippen molar-refractivity contribution >= 4 is 26.6 Å². The van der Waals surface area contributed by atoms with Crippen LogP contribution in [0.5, 0.6) is 0 Å². The van der Waals surface area contributed by atoms with E-state index in [-0.39, 0.29) is 30.3 Å². The number of sulfonamides is 1. The first-order chi connectivity index (χ1) is 12.9. The van der Waals surface area contributed by atoms with Crippen molar-refractivity contribution in [2.75, 3.05) is 19.7 Å². The molecule has 0 radical (unpaired) electrons. The standard InChI is InChI=1S/C18H19N3O5S/c22-12-11-20(10-9-14-13-19-18-4-2-1-3-17(14)18)27(25,26)16-7-5-15(6-8-16)21(23)24/h1-8,13,19,22H,9-12H2. The number of para-hydroxylation sites is 1. The number of aromatic nitrogens is 1. The predicted molar refractivity (Wildman–Crippen MR) is 101 cm³/mol. The maximum Gasteiger partial charge on any atom is 0.269 e. The van der Waals surface area contributed by atoms with Gasteiger partial charge in [-0.3, -0.25) is 10.1 Å². The fraction of sp³-hybridized carbons (Fsp3) is 0.222. The number of nitrogens with zero attached hydrogens (tertiary/aromatic N) is 2. The number of aliphatic hydroxyl groups is 1. The maximum absolute atomic E-state index is 12.9. The van der Waals surface area contributed by atoms with Gasteiger partial charge in [-0.1, -0.05) is 18.2 Å². The van der Waals surface area contributed by atoms with E-state index in [0.717, 1.165) is 28.6 Å². The number of hydrogen-bond donors (Lipinski definition) is 2. The largest absolute Gasteiger partial charge is 0.395 e. The van der Waals surface area contributed by atoms with E-state index in [1.165, 1.54) is 16.4 Å². The first kappa shape index (κ1) is 19.0. The number of nitro groups is 1. The van der Waals surface area contributed by atoms with E-state index in [1.54, 1.807) is 0 Å². The summed E-state index contributed by atoms with van der Waals surface area (Å²) in [7, 11) is -3.87. The van der Waals surface area contributed by atoms with Gasteiger partial charge in [-0.05, 0) is 30.2 Å². The molecule has 1 aromatic heterocycles. The first-order valence-electron chi connectivity index (χ1n) is 8.34. The third-order valence-corrected chi connectivity index (χ3v) is 6.25. The molecule has 1 heterocycles. The Bertz CT molecular complexity index is 1040. The molecule has 0 spiro atoms. The fourth-order valence-electron chi connectivity index (χ4n) is 2.94. The van der Waals surface area contributed by atoms with E-state index in [9.17, 15) is 23.6 Å². The van der Waals surface area contributed by atoms with Gasteiger partial charge < -0.3 is 10.1 Å². The van der Waals surface area contributed by atoms with Crippen molar-refractivity contribution in [2.45, 2.75) is 11.3 Å². The maximum atomic E-state index is 12.9. The summed E-state index contributed by atoms with van der Waals surface area (Å²) >= 11 is 0. The molecule has 2 aromatic carbocycles. The monoisotopic (exact) mass is 389 g/mol. The number of aliphatic hydroxyl groups excluding tert-OH is 1. The molecule has 0 saturated heterocycles. The average Bonchev–Trinajstić information content (AvgIpc) is 3.08. The minimum atomic E-state index is -3.87. The normalized spacial score (nSPS) is 11.9. The average molecular weight is 389 g/mol. The van der Waals surface area contributed by atoms with E-state index in [4.69, 9.17) is 0 Å². The van der Waals surface area contributed by atoms with Crippen molar-refractivity contribution < 1.29 is 18.4 Å². The lowest BCUT2D eigenvalue weighted by Gasteiger charge is -2.21. The van der Waals surface area contributed by atoms with Crippen LogP contribution in [0.2, 0.25) is 0 Å². The van der Waals surface area contributed by atoms with Crippen LogP contribution in [0.25, 0.3) is 10.9 Å². The van der Waals surface area contributed by atoms with Crippen LogP contribution in [0.1, 0.15) is 5.56 Å². The number of nitrogens with one attached hydrogen (secondary N) is 1. The van der Waals surface area contributed by atoms with Crippen molar-refractivity contribution in [1.29, 1.82) is 0 Å². The Morgan fingerprint density at radius 3 is 2.44 bits per heavy atom. The molecule has 142 valence electrons. The van der Waals surface area contributed by atoms with Crippen molar-refractivity contribution in [3.63, 3.8) is 0 Å². The van der Waals surface area contributed by atoms with Gasteiger partial charge in [0.15, 0.2) is 0 Å². The molecule has 3 aromatic rings. The summed E-state index contributed by atoms with van der Waals surface area (Å²) in [6.07, 6.45) is 2.32. The lowest BCUT2D eigenvalue weighted by Crippen LogP contribution is -2.35. The highest BCUT2D eigenvalue weighted by Crippen LogP contribution is 2.22. The SMILES string of the molecule is O=[N+]([O-])c1ccc(S(=O)(=O)N(CCO)CCc2c[nH]c3ccccc23)cc1. The smallest absolute Gasteiger partial charge is 0.269 e. The van der Waals surface area contributed by atoms with Crippen molar-refractivity contribution in [3.05, 3.63) is 70.4 Å². The Morgan fingerprint density at radius 1 is 1.07 bits per heavy atom. The molecule has 0 aliphatic carbocycles. The van der Waals surface area contributed by atoms with Gasteiger partial charge in [-0.15, -0.1) is 0 Å². The van der Waals surface area contributed by atoms with Gasteiger partial charge in [-0.25, -0.2) is 8.42 Å². The molecule has 8 nitrogen and oxygen atoms in total. The third kappa shape index (κ3) is 4.00. The highest BCUT2D eigenvalue weighted by molar-refractivity contribution is 7.89. The highest BCUT2D eigenvalue weighted by Gasteiger charge is 2.24. The van der Waals surface area contributed by atoms with Gasteiger partial charge in [0.2, 0.25) is 10.0 Å². The summed E-state index contributed by atoms with van der Waals surface area (Å²) in [5.74, 6) is 0. The molecule has 0 aliphatic heterocycles. The quantitative estimate of drug-likeness (QED) is 0.453. The van der Waals surface area contributed by atoms with Gasteiger partial charge in [0.05, 0.1) is 16.4 Å². The van der Waals surface area contributed by atoms with Crippen LogP contribution in [-0.2, 0) is 16.4 Å². The van der Waals surface area contributed by atoms with E-state index < -0.39 is 14.9 Å². The zero-order valence-electron chi connectivity index (χ0n) is 14.4. The van der Waals surface area contributed by atoms with Gasteiger partial charge in [0.25, 0.3) is 5.69 Å². The van der Waals surface area contributed by atoms with Gasteiger partial charge >= 0.3 is 0 Å². The third-order valence-electron chi connectivity index (χ3n) is 4.34. The molecule has 0 saturated carbocycles. The molecule has 3 rings (SSSR count). The minimum absolute atomic E-state index is 0.0412. The number of H-pyrrole nitrogens is 1. The molecule has 27 heavy (non-hydrogen) atoms. The van der Waals surface area contributed by atoms with Crippen molar-refractivity contribution in [1.82, 2.24) is 9.29 Å². The molecule has 0 unspecified atom stereocenters. The molecule has 0 atom stereocenters. The summed E-state index contributed by atoms with van der Waals surface area (Å²) in [5.41, 5.74) is 1.77. The molecule has 0 bridgehead atoms. The van der Waals surface area contributed by atoms with Crippen LogP contribution < -0.4 is 0 Å². The Labute approximate surface area is 156 Å². The van der Waals surface area contributed by atoms with Crippen LogP contribution in [0.4, 0.5) is 5.69 Å². The molecule has 9 heteroatoms. The number of nitro benzene ring substituents is 1. The molecule has 0 aliphatic rings. The molecular weight excluding hydrogens is 370 g/mol. The first-order valence-corrected chi connectivity index (χ1v) is 9.78. The Morgan fingerprint density at radius 2 is 1.78 bits per heavy atom. The number of non-ortho nitro benzene ring substituents is 1. The van der Waals surface area contributed by atoms with Gasteiger partial charge in [0.1, 0.15) is 0 Å². The van der Waals surface area contributed by atoms with E-state index in [0.29, 0.717) is 6.42 Å². The summed E-state index contributed by atoms with van der Waals surface area (Å²) < 4.78 is 26.9. The highest BCUT2D eigenvalue weighted by atomic mass is 32.2. The van der Waals surface area contributed by atoms with Crippen LogP contribution in [-0.4, -0.2) is 47.4 Å². The minimum Gasteiger partial charge on any atom is -0.395 e. The zero-order chi connectivity index (χ0) is 19.4. The van der Waals surface area contributed by atoms with Crippen LogP contribution in [0.3, 0.4) is 0 Å². The Hall–Kier alpha value is -2.75. The van der Waals surface area contributed by atoms with E-state index >= 15 is 0 Å². The molecule has 2 N–H and O–H groups in total. The van der Waals surface area contributed by atoms with Crippen LogP contribution >= 0.6 is 0 Å². The Kier molecular flexibility index (Phi) is 5.54. The predicted octanol–water partition coefficient (Wildman–Crippen LogP) is 2.30. The number of rotatable bonds is 8. The second-order valence-corrected chi connectivity index (χ2v) is 7.93. The molecule has 0 amide bonds. The lowest BCUT2D eigenvalue weighted by atomic mass is 10.1. The summed E-state index contributed by atoms with van der Waals surface area (Å²) in [5, 5.41) is 21.1. The zero-order valence-corrected chi connectivity index (χ0v) is 15.2. The second kappa shape index (κ2) is 7.87. The van der Waals surface area contributed by atoms with E-state index in [1.807, 2.05) is 30.5 Å². The summed E-state index contributed by atoms with van der Waals surface area (Å²) in [4.78, 5) is 13.3. The van der Waals surface area contributed by atoms with Crippen LogP contribution in [0.15, 0.2) is 59.6 Å².